The first-order valence-electron chi connectivity index (χ1n) is 5.62. The Labute approximate surface area is 113 Å². The average Bonchev–Trinajstić information content (AvgIpc) is 2.77. The monoisotopic (exact) mass is 276 g/mol. The number of amides is 2. The highest BCUT2D eigenvalue weighted by Gasteiger charge is 2.12. The zero-order chi connectivity index (χ0) is 14.7. The molecule has 1 heterocycles. The molecule has 0 spiro atoms. The maximum absolute atomic E-state index is 11.7. The number of nitrogens with zero attached hydrogens (tertiary/aromatic N) is 4. The van der Waals surface area contributed by atoms with Crippen molar-refractivity contribution in [3.8, 4) is 0 Å². The third-order valence-corrected chi connectivity index (χ3v) is 2.55. The number of carboxylic acids is 1. The van der Waals surface area contributed by atoms with Crippen LogP contribution in [0.5, 0.6) is 0 Å². The van der Waals surface area contributed by atoms with Gasteiger partial charge >= 0.3 is 12.0 Å². The van der Waals surface area contributed by atoms with Crippen LogP contribution in [-0.4, -0.2) is 37.3 Å². The molecule has 9 nitrogen and oxygen atoms in total. The number of hydrogen-bond donors (Lipinski definition) is 3. The number of hydrogen-bond acceptors (Lipinski definition) is 5. The van der Waals surface area contributed by atoms with Crippen molar-refractivity contribution in [3.05, 3.63) is 29.3 Å². The van der Waals surface area contributed by atoms with Crippen LogP contribution in [0, 0.1) is 6.92 Å². The van der Waals surface area contributed by atoms with E-state index >= 15 is 0 Å². The first-order valence-corrected chi connectivity index (χ1v) is 5.62. The third kappa shape index (κ3) is 2.88. The average molecular weight is 276 g/mol. The normalized spacial score (nSPS) is 10.1. The van der Waals surface area contributed by atoms with Crippen molar-refractivity contribution in [1.82, 2.24) is 20.2 Å². The molecule has 0 fully saturated rings. The van der Waals surface area contributed by atoms with E-state index in [1.165, 1.54) is 10.9 Å². The zero-order valence-corrected chi connectivity index (χ0v) is 10.8. The Bertz CT molecular complexity index is 666. The summed E-state index contributed by atoms with van der Waals surface area (Å²) < 4.78 is 0. The lowest BCUT2D eigenvalue weighted by Gasteiger charge is -2.09. The predicted molar refractivity (Wildman–Crippen MR) is 69.6 cm³/mol. The number of aromatic carboxylic acids is 1. The lowest BCUT2D eigenvalue weighted by molar-refractivity contribution is 0.0696. The summed E-state index contributed by atoms with van der Waals surface area (Å²) in [5.41, 5.74) is 0.981. The van der Waals surface area contributed by atoms with E-state index in [0.717, 1.165) is 0 Å². The van der Waals surface area contributed by atoms with Crippen LogP contribution >= 0.6 is 0 Å². The van der Waals surface area contributed by atoms with E-state index in [-0.39, 0.29) is 11.5 Å². The number of carboxylic acid groups (broad SMARTS) is 1. The van der Waals surface area contributed by atoms with Crippen molar-refractivity contribution in [2.24, 2.45) is 7.05 Å². The van der Waals surface area contributed by atoms with Gasteiger partial charge in [-0.05, 0) is 29.8 Å². The fraction of sp³-hybridized carbons (Fsp3) is 0.182. The van der Waals surface area contributed by atoms with Gasteiger partial charge in [0.05, 0.1) is 12.6 Å². The SMILES string of the molecule is Cc1c(NC(=O)Nc2nnn(C)n2)cccc1C(=O)O. The van der Waals surface area contributed by atoms with E-state index in [0.29, 0.717) is 11.3 Å². The molecule has 0 aliphatic heterocycles. The number of urea groups is 1. The standard InChI is InChI=1S/C11H12N6O3/c1-6-7(9(18)19)4-3-5-8(6)12-11(20)13-10-14-16-17(2)15-10/h3-5H,1-2H3,(H,18,19)(H2,12,13,15,20). The summed E-state index contributed by atoms with van der Waals surface area (Å²) in [4.78, 5) is 23.9. The smallest absolute Gasteiger partial charge is 0.336 e. The number of aromatic nitrogens is 4. The fourth-order valence-electron chi connectivity index (χ4n) is 1.59. The summed E-state index contributed by atoms with van der Waals surface area (Å²) in [7, 11) is 1.57. The second-order valence-corrected chi connectivity index (χ2v) is 3.96. The molecule has 3 N–H and O–H groups in total. The van der Waals surface area contributed by atoms with Gasteiger partial charge < -0.3 is 10.4 Å². The molecule has 1 aromatic carbocycles. The van der Waals surface area contributed by atoms with Gasteiger partial charge in [0.15, 0.2) is 0 Å². The highest BCUT2D eigenvalue weighted by Crippen LogP contribution is 2.19. The Balaban J connectivity index is 2.12. The Morgan fingerprint density at radius 1 is 1.30 bits per heavy atom. The van der Waals surface area contributed by atoms with Gasteiger partial charge in [0.1, 0.15) is 0 Å². The van der Waals surface area contributed by atoms with Gasteiger partial charge in [0.2, 0.25) is 0 Å². The second-order valence-electron chi connectivity index (χ2n) is 3.96. The Morgan fingerprint density at radius 2 is 2.05 bits per heavy atom. The predicted octanol–water partition coefficient (Wildman–Crippen LogP) is 0.861. The summed E-state index contributed by atoms with van der Waals surface area (Å²) in [6.07, 6.45) is 0. The van der Waals surface area contributed by atoms with Gasteiger partial charge in [0.25, 0.3) is 5.95 Å². The van der Waals surface area contributed by atoms with Crippen LogP contribution < -0.4 is 10.6 Å². The molecule has 0 atom stereocenters. The van der Waals surface area contributed by atoms with Crippen LogP contribution in [0.4, 0.5) is 16.4 Å². The number of carbonyl (C=O) groups excluding carboxylic acids is 1. The number of rotatable bonds is 3. The highest BCUT2D eigenvalue weighted by atomic mass is 16.4. The molecule has 0 radical (unpaired) electrons. The van der Waals surface area contributed by atoms with Crippen molar-refractivity contribution in [3.63, 3.8) is 0 Å². The number of anilines is 2. The molecule has 0 bridgehead atoms. The van der Waals surface area contributed by atoms with E-state index in [1.807, 2.05) is 0 Å². The van der Waals surface area contributed by atoms with Crippen molar-refractivity contribution in [2.45, 2.75) is 6.92 Å². The molecule has 2 aromatic rings. The molecule has 9 heteroatoms. The summed E-state index contributed by atoms with van der Waals surface area (Å²) >= 11 is 0. The second kappa shape index (κ2) is 5.34. The van der Waals surface area contributed by atoms with E-state index < -0.39 is 12.0 Å². The van der Waals surface area contributed by atoms with Crippen molar-refractivity contribution >= 4 is 23.6 Å². The van der Waals surface area contributed by atoms with Crippen LogP contribution in [-0.2, 0) is 7.05 Å². The third-order valence-electron chi connectivity index (χ3n) is 2.55. The molecule has 0 saturated heterocycles. The topological polar surface area (TPSA) is 122 Å². The summed E-state index contributed by atoms with van der Waals surface area (Å²) in [6, 6.07) is 4.03. The summed E-state index contributed by atoms with van der Waals surface area (Å²) in [5.74, 6) is -1.00. The van der Waals surface area contributed by atoms with Crippen LogP contribution in [0.15, 0.2) is 18.2 Å². The lowest BCUT2D eigenvalue weighted by atomic mass is 10.1. The molecule has 0 saturated carbocycles. The molecule has 20 heavy (non-hydrogen) atoms. The van der Waals surface area contributed by atoms with Gasteiger partial charge in [-0.25, -0.2) is 9.59 Å². The maximum atomic E-state index is 11.7. The first kappa shape index (κ1) is 13.5. The van der Waals surface area contributed by atoms with Crippen LogP contribution in [0.3, 0.4) is 0 Å². The van der Waals surface area contributed by atoms with Crippen molar-refractivity contribution in [1.29, 1.82) is 0 Å². The van der Waals surface area contributed by atoms with Gasteiger partial charge in [-0.3, -0.25) is 5.32 Å². The lowest BCUT2D eigenvalue weighted by Crippen LogP contribution is -2.21. The highest BCUT2D eigenvalue weighted by molar-refractivity contribution is 6.00. The number of benzene rings is 1. The van der Waals surface area contributed by atoms with E-state index in [1.54, 1.807) is 26.1 Å². The first-order chi connectivity index (χ1) is 9.47. The molecular formula is C11H12N6O3. The van der Waals surface area contributed by atoms with E-state index in [9.17, 15) is 9.59 Å². The number of carbonyl (C=O) groups is 2. The minimum absolute atomic E-state index is 0.0528. The molecule has 0 aliphatic carbocycles. The van der Waals surface area contributed by atoms with Crippen LogP contribution in [0.1, 0.15) is 15.9 Å². The molecular weight excluding hydrogens is 264 g/mol. The Hall–Kier alpha value is -2.97. The summed E-state index contributed by atoms with van der Waals surface area (Å²) in [5, 5.41) is 24.9. The van der Waals surface area contributed by atoms with Crippen molar-refractivity contribution < 1.29 is 14.7 Å². The van der Waals surface area contributed by atoms with Crippen LogP contribution in [0.2, 0.25) is 0 Å². The molecule has 104 valence electrons. The van der Waals surface area contributed by atoms with Gasteiger partial charge in [-0.15, -0.1) is 5.10 Å². The van der Waals surface area contributed by atoms with Crippen molar-refractivity contribution in [2.75, 3.05) is 10.6 Å². The zero-order valence-electron chi connectivity index (χ0n) is 10.8. The quantitative estimate of drug-likeness (QED) is 0.764. The van der Waals surface area contributed by atoms with Gasteiger partial charge in [-0.1, -0.05) is 11.2 Å². The van der Waals surface area contributed by atoms with Gasteiger partial charge in [0, 0.05) is 5.69 Å². The Morgan fingerprint density at radius 3 is 2.65 bits per heavy atom. The number of tetrazole rings is 1. The molecule has 1 aromatic heterocycles. The number of aryl methyl sites for hydroxylation is 1. The molecule has 2 rings (SSSR count). The van der Waals surface area contributed by atoms with E-state index in [4.69, 9.17) is 5.11 Å². The maximum Gasteiger partial charge on any atom is 0.336 e. The number of nitrogens with one attached hydrogen (secondary N) is 2. The van der Waals surface area contributed by atoms with Gasteiger partial charge in [-0.2, -0.15) is 4.80 Å². The fourth-order valence-corrected chi connectivity index (χ4v) is 1.59. The Kier molecular flexibility index (Phi) is 3.60. The molecule has 0 aliphatic rings. The van der Waals surface area contributed by atoms with Crippen LogP contribution in [0.25, 0.3) is 0 Å². The van der Waals surface area contributed by atoms with E-state index in [2.05, 4.69) is 26.0 Å². The summed E-state index contributed by atoms with van der Waals surface area (Å²) in [6.45, 7) is 1.61. The molecule has 2 amide bonds. The minimum Gasteiger partial charge on any atom is -0.478 e. The minimum atomic E-state index is -1.05. The molecule has 0 unspecified atom stereocenters. The largest absolute Gasteiger partial charge is 0.478 e.